The average molecular weight is 421 g/mol. The molecule has 0 fully saturated rings. The van der Waals surface area contributed by atoms with Gasteiger partial charge >= 0.3 is 6.09 Å². The van der Waals surface area contributed by atoms with Gasteiger partial charge < -0.3 is 20.5 Å². The molecule has 0 aliphatic rings. The van der Waals surface area contributed by atoms with Crippen molar-refractivity contribution in [3.8, 4) is 0 Å². The number of benzene rings is 1. The van der Waals surface area contributed by atoms with Crippen molar-refractivity contribution in [2.24, 2.45) is 5.92 Å². The standard InChI is InChI=1S/C24H40N2O4/c1-7-8-14-25-22(28)18(3)16-21(27)20(26-23(29)30-24(4,5)6)15-17(2)19-12-10-9-11-13-19/h9-13,17-18,20-21,27H,7-8,14-16H2,1-6H3,(H,25,28)(H,26,29)/t17-,18-,20+,21+/m1/s1. The van der Waals surface area contributed by atoms with E-state index in [0.29, 0.717) is 13.0 Å². The first-order valence-electron chi connectivity index (χ1n) is 11.0. The van der Waals surface area contributed by atoms with E-state index in [1.165, 1.54) is 0 Å². The van der Waals surface area contributed by atoms with E-state index in [4.69, 9.17) is 4.74 Å². The normalized spacial score (nSPS) is 15.6. The third-order valence-corrected chi connectivity index (χ3v) is 5.01. The van der Waals surface area contributed by atoms with Gasteiger partial charge in [0.05, 0.1) is 12.1 Å². The highest BCUT2D eigenvalue weighted by Crippen LogP contribution is 2.24. The minimum absolute atomic E-state index is 0.0744. The minimum atomic E-state index is -0.865. The van der Waals surface area contributed by atoms with Gasteiger partial charge in [0.1, 0.15) is 5.60 Å². The number of alkyl carbamates (subject to hydrolysis) is 1. The summed E-state index contributed by atoms with van der Waals surface area (Å²) in [6.07, 6.45) is 1.31. The van der Waals surface area contributed by atoms with Crippen LogP contribution in [-0.2, 0) is 9.53 Å². The molecule has 0 unspecified atom stereocenters. The van der Waals surface area contributed by atoms with Gasteiger partial charge in [-0.2, -0.15) is 0 Å². The number of hydrogen-bond acceptors (Lipinski definition) is 4. The SMILES string of the molecule is CCCCNC(=O)[C@H](C)C[C@H](O)[C@H](C[C@@H](C)c1ccccc1)NC(=O)OC(C)(C)C. The van der Waals surface area contributed by atoms with Crippen LogP contribution in [0.1, 0.15) is 78.7 Å². The Bertz CT molecular complexity index is 642. The molecule has 0 spiro atoms. The summed E-state index contributed by atoms with van der Waals surface area (Å²) in [6, 6.07) is 9.44. The lowest BCUT2D eigenvalue weighted by Crippen LogP contribution is -2.47. The number of rotatable bonds is 11. The topological polar surface area (TPSA) is 87.7 Å². The summed E-state index contributed by atoms with van der Waals surface area (Å²) in [5.74, 6) is -0.309. The molecule has 1 rings (SSSR count). The van der Waals surface area contributed by atoms with Gasteiger partial charge in [0.2, 0.25) is 5.91 Å². The predicted molar refractivity (Wildman–Crippen MR) is 120 cm³/mol. The number of aliphatic hydroxyl groups excluding tert-OH is 1. The van der Waals surface area contributed by atoms with Gasteiger partial charge in [-0.1, -0.05) is 57.5 Å². The van der Waals surface area contributed by atoms with Crippen LogP contribution in [0.25, 0.3) is 0 Å². The summed E-state index contributed by atoms with van der Waals surface area (Å²) in [6.45, 7) is 12.0. The fraction of sp³-hybridized carbons (Fsp3) is 0.667. The van der Waals surface area contributed by atoms with Crippen LogP contribution < -0.4 is 10.6 Å². The summed E-state index contributed by atoms with van der Waals surface area (Å²) in [7, 11) is 0. The summed E-state index contributed by atoms with van der Waals surface area (Å²) >= 11 is 0. The summed E-state index contributed by atoms with van der Waals surface area (Å²) < 4.78 is 5.38. The molecule has 30 heavy (non-hydrogen) atoms. The van der Waals surface area contributed by atoms with Crippen molar-refractivity contribution < 1.29 is 19.4 Å². The maximum atomic E-state index is 12.4. The second-order valence-electron chi connectivity index (χ2n) is 9.15. The van der Waals surface area contributed by atoms with Crippen molar-refractivity contribution in [3.05, 3.63) is 35.9 Å². The number of unbranched alkanes of at least 4 members (excludes halogenated alkanes) is 1. The molecule has 3 N–H and O–H groups in total. The number of hydrogen-bond donors (Lipinski definition) is 3. The Labute approximate surface area is 181 Å². The van der Waals surface area contributed by atoms with Crippen LogP contribution in [-0.4, -0.2) is 41.4 Å². The van der Waals surface area contributed by atoms with Crippen LogP contribution in [0.2, 0.25) is 0 Å². The molecule has 2 amide bonds. The molecule has 1 aromatic rings. The molecule has 170 valence electrons. The summed E-state index contributed by atoms with van der Waals surface area (Å²) in [5, 5.41) is 16.6. The first-order chi connectivity index (χ1) is 14.0. The van der Waals surface area contributed by atoms with Crippen molar-refractivity contribution in [3.63, 3.8) is 0 Å². The number of aliphatic hydroxyl groups is 1. The highest BCUT2D eigenvalue weighted by molar-refractivity contribution is 5.78. The molecular weight excluding hydrogens is 380 g/mol. The maximum absolute atomic E-state index is 12.4. The summed E-state index contributed by atoms with van der Waals surface area (Å²) in [4.78, 5) is 24.7. The lowest BCUT2D eigenvalue weighted by atomic mass is 9.88. The lowest BCUT2D eigenvalue weighted by Gasteiger charge is -2.29. The van der Waals surface area contributed by atoms with Crippen LogP contribution in [0.15, 0.2) is 30.3 Å². The Kier molecular flexibility index (Phi) is 10.9. The van der Waals surface area contributed by atoms with E-state index in [1.54, 1.807) is 27.7 Å². The minimum Gasteiger partial charge on any atom is -0.444 e. The Morgan fingerprint density at radius 2 is 1.73 bits per heavy atom. The molecule has 6 heteroatoms. The van der Waals surface area contributed by atoms with Gasteiger partial charge in [0.15, 0.2) is 0 Å². The highest BCUT2D eigenvalue weighted by atomic mass is 16.6. The number of carbonyl (C=O) groups excluding carboxylic acids is 2. The summed E-state index contributed by atoms with van der Waals surface area (Å²) in [5.41, 5.74) is 0.503. The van der Waals surface area contributed by atoms with Crippen molar-refractivity contribution in [2.45, 2.75) is 90.9 Å². The molecule has 0 aliphatic carbocycles. The Morgan fingerprint density at radius 1 is 1.10 bits per heavy atom. The molecule has 0 saturated carbocycles. The molecule has 0 heterocycles. The van der Waals surface area contributed by atoms with Gasteiger partial charge in [-0.05, 0) is 51.5 Å². The van der Waals surface area contributed by atoms with Crippen LogP contribution in [0.4, 0.5) is 4.79 Å². The lowest BCUT2D eigenvalue weighted by molar-refractivity contribution is -0.125. The average Bonchev–Trinajstić information content (AvgIpc) is 2.66. The molecule has 0 radical (unpaired) electrons. The highest BCUT2D eigenvalue weighted by Gasteiger charge is 2.29. The van der Waals surface area contributed by atoms with Gasteiger partial charge in [0.25, 0.3) is 0 Å². The van der Waals surface area contributed by atoms with E-state index in [0.717, 1.165) is 18.4 Å². The Hall–Kier alpha value is -2.08. The second-order valence-corrected chi connectivity index (χ2v) is 9.15. The van der Waals surface area contributed by atoms with Gasteiger partial charge in [-0.3, -0.25) is 4.79 Å². The number of carbonyl (C=O) groups is 2. The van der Waals surface area contributed by atoms with Crippen molar-refractivity contribution in [1.82, 2.24) is 10.6 Å². The molecule has 6 nitrogen and oxygen atoms in total. The first-order valence-corrected chi connectivity index (χ1v) is 11.0. The predicted octanol–water partition coefficient (Wildman–Crippen LogP) is 4.38. The zero-order valence-electron chi connectivity index (χ0n) is 19.4. The van der Waals surface area contributed by atoms with Crippen LogP contribution in [0, 0.1) is 5.92 Å². The molecule has 0 aliphatic heterocycles. The van der Waals surface area contributed by atoms with E-state index in [-0.39, 0.29) is 24.2 Å². The van der Waals surface area contributed by atoms with Gasteiger partial charge in [-0.15, -0.1) is 0 Å². The van der Waals surface area contributed by atoms with E-state index >= 15 is 0 Å². The largest absolute Gasteiger partial charge is 0.444 e. The molecular formula is C24H40N2O4. The molecule has 1 aromatic carbocycles. The number of nitrogens with one attached hydrogen (secondary N) is 2. The second kappa shape index (κ2) is 12.6. The van der Waals surface area contributed by atoms with Crippen LogP contribution in [0.5, 0.6) is 0 Å². The third-order valence-electron chi connectivity index (χ3n) is 5.01. The molecule has 0 aromatic heterocycles. The zero-order chi connectivity index (χ0) is 22.7. The Balaban J connectivity index is 2.81. The third kappa shape index (κ3) is 10.1. The fourth-order valence-corrected chi connectivity index (χ4v) is 3.27. The van der Waals surface area contributed by atoms with Crippen molar-refractivity contribution in [1.29, 1.82) is 0 Å². The Morgan fingerprint density at radius 3 is 2.30 bits per heavy atom. The van der Waals surface area contributed by atoms with E-state index in [2.05, 4.69) is 24.5 Å². The van der Waals surface area contributed by atoms with E-state index in [9.17, 15) is 14.7 Å². The molecule has 0 saturated heterocycles. The van der Waals surface area contributed by atoms with E-state index in [1.807, 2.05) is 30.3 Å². The monoisotopic (exact) mass is 420 g/mol. The zero-order valence-corrected chi connectivity index (χ0v) is 19.4. The maximum Gasteiger partial charge on any atom is 0.407 e. The van der Waals surface area contributed by atoms with E-state index < -0.39 is 23.8 Å². The first kappa shape index (κ1) is 26.0. The van der Waals surface area contributed by atoms with Crippen LogP contribution >= 0.6 is 0 Å². The molecule has 4 atom stereocenters. The fourth-order valence-electron chi connectivity index (χ4n) is 3.27. The smallest absolute Gasteiger partial charge is 0.407 e. The quantitative estimate of drug-likeness (QED) is 0.464. The van der Waals surface area contributed by atoms with Crippen molar-refractivity contribution in [2.75, 3.05) is 6.54 Å². The number of amides is 2. The molecule has 0 bridgehead atoms. The van der Waals surface area contributed by atoms with Gasteiger partial charge in [-0.25, -0.2) is 4.79 Å². The van der Waals surface area contributed by atoms with Crippen molar-refractivity contribution >= 4 is 12.0 Å². The van der Waals surface area contributed by atoms with Gasteiger partial charge in [0, 0.05) is 12.5 Å². The number of ether oxygens (including phenoxy) is 1. The van der Waals surface area contributed by atoms with Crippen LogP contribution in [0.3, 0.4) is 0 Å².